The van der Waals surface area contributed by atoms with Crippen molar-refractivity contribution in [1.82, 2.24) is 9.88 Å². The molecule has 1 aromatic carbocycles. The van der Waals surface area contributed by atoms with Crippen LogP contribution < -0.4 is 0 Å². The monoisotopic (exact) mass is 336 g/mol. The third-order valence-electron chi connectivity index (χ3n) is 5.48. The number of rotatable bonds is 4. The lowest BCUT2D eigenvalue weighted by Crippen LogP contribution is -2.30. The number of aryl methyl sites for hydroxylation is 1. The Balaban J connectivity index is 1.30. The van der Waals surface area contributed by atoms with Gasteiger partial charge in [0.1, 0.15) is 0 Å². The van der Waals surface area contributed by atoms with Gasteiger partial charge >= 0.3 is 0 Å². The molecule has 0 spiro atoms. The van der Waals surface area contributed by atoms with Crippen LogP contribution in [0.5, 0.6) is 0 Å². The molecule has 25 heavy (non-hydrogen) atoms. The zero-order chi connectivity index (χ0) is 17.2. The van der Waals surface area contributed by atoms with Gasteiger partial charge in [-0.15, -0.1) is 0 Å². The number of carbonyl (C=O) groups is 1. The Morgan fingerprint density at radius 3 is 2.48 bits per heavy atom. The fourth-order valence-corrected chi connectivity index (χ4v) is 4.11. The molecule has 1 aromatic heterocycles. The van der Waals surface area contributed by atoms with Gasteiger partial charge in [-0.05, 0) is 49.3 Å². The second-order valence-corrected chi connectivity index (χ2v) is 7.31. The molecule has 4 nitrogen and oxygen atoms in total. The molecule has 2 heterocycles. The quantitative estimate of drug-likeness (QED) is 0.859. The minimum absolute atomic E-state index is 0.114. The lowest BCUT2D eigenvalue weighted by atomic mass is 10.0. The van der Waals surface area contributed by atoms with Crippen molar-refractivity contribution in [2.24, 2.45) is 11.8 Å². The van der Waals surface area contributed by atoms with Gasteiger partial charge in [0.25, 0.3) is 5.91 Å². The number of benzene rings is 1. The minimum Gasteiger partial charge on any atom is -0.374 e. The van der Waals surface area contributed by atoms with Gasteiger partial charge in [-0.1, -0.05) is 30.3 Å². The number of amides is 1. The van der Waals surface area contributed by atoms with Crippen molar-refractivity contribution in [3.05, 3.63) is 65.5 Å². The molecule has 2 fully saturated rings. The number of likely N-dealkylation sites (tertiary alicyclic amines) is 1. The van der Waals surface area contributed by atoms with Gasteiger partial charge in [0.2, 0.25) is 0 Å². The number of aromatic nitrogens is 1. The first-order valence-electron chi connectivity index (χ1n) is 9.06. The van der Waals surface area contributed by atoms with E-state index in [-0.39, 0.29) is 5.91 Å². The molecule has 1 saturated carbocycles. The van der Waals surface area contributed by atoms with Crippen molar-refractivity contribution in [2.45, 2.75) is 32.5 Å². The second-order valence-electron chi connectivity index (χ2n) is 7.31. The molecule has 130 valence electrons. The highest BCUT2D eigenvalue weighted by Crippen LogP contribution is 2.40. The van der Waals surface area contributed by atoms with Gasteiger partial charge < -0.3 is 9.64 Å². The van der Waals surface area contributed by atoms with Crippen LogP contribution in [0.25, 0.3) is 0 Å². The van der Waals surface area contributed by atoms with Crippen LogP contribution in [0.4, 0.5) is 0 Å². The Morgan fingerprint density at radius 2 is 1.84 bits per heavy atom. The average Bonchev–Trinajstić information content (AvgIpc) is 3.19. The van der Waals surface area contributed by atoms with Gasteiger partial charge in [0.05, 0.1) is 18.3 Å². The van der Waals surface area contributed by atoms with Gasteiger partial charge in [0.15, 0.2) is 0 Å². The Kier molecular flexibility index (Phi) is 4.53. The fraction of sp³-hybridized carbons (Fsp3) is 0.429. The first kappa shape index (κ1) is 16.3. The SMILES string of the molecule is Cc1ccc(C(=O)N2C[C@H]3CC(OCc4ccccc4)C[C@H]3C2)cn1. The third-order valence-corrected chi connectivity index (χ3v) is 5.48. The van der Waals surface area contributed by atoms with Gasteiger partial charge in [0, 0.05) is 25.0 Å². The van der Waals surface area contributed by atoms with Crippen molar-refractivity contribution in [3.63, 3.8) is 0 Å². The van der Waals surface area contributed by atoms with E-state index in [0.717, 1.165) is 31.6 Å². The van der Waals surface area contributed by atoms with Crippen LogP contribution in [0, 0.1) is 18.8 Å². The van der Waals surface area contributed by atoms with Gasteiger partial charge in [-0.3, -0.25) is 9.78 Å². The topological polar surface area (TPSA) is 42.4 Å². The Morgan fingerprint density at radius 1 is 1.12 bits per heavy atom. The molecule has 2 aromatic rings. The summed E-state index contributed by atoms with van der Waals surface area (Å²) in [6, 6.07) is 14.1. The number of hydrogen-bond donors (Lipinski definition) is 0. The van der Waals surface area contributed by atoms with Crippen LogP contribution in [0.1, 0.15) is 34.5 Å². The average molecular weight is 336 g/mol. The molecule has 4 heteroatoms. The number of nitrogens with zero attached hydrogens (tertiary/aromatic N) is 2. The highest BCUT2D eigenvalue weighted by Gasteiger charge is 2.42. The molecule has 1 aliphatic heterocycles. The number of carbonyl (C=O) groups excluding carboxylic acids is 1. The first-order chi connectivity index (χ1) is 12.2. The van der Waals surface area contributed by atoms with E-state index in [1.165, 1.54) is 5.56 Å². The van der Waals surface area contributed by atoms with Crippen LogP contribution >= 0.6 is 0 Å². The van der Waals surface area contributed by atoms with Gasteiger partial charge in [-0.25, -0.2) is 0 Å². The lowest BCUT2D eigenvalue weighted by molar-refractivity contribution is 0.0367. The Hall–Kier alpha value is -2.20. The second kappa shape index (κ2) is 6.96. The van der Waals surface area contributed by atoms with E-state index < -0.39 is 0 Å². The summed E-state index contributed by atoms with van der Waals surface area (Å²) < 4.78 is 6.11. The summed E-state index contributed by atoms with van der Waals surface area (Å²) in [4.78, 5) is 18.9. The van der Waals surface area contributed by atoms with E-state index in [1.807, 2.05) is 42.2 Å². The van der Waals surface area contributed by atoms with Crippen molar-refractivity contribution in [3.8, 4) is 0 Å². The molecular formula is C21H24N2O2. The predicted molar refractivity (Wildman–Crippen MR) is 96.1 cm³/mol. The highest BCUT2D eigenvalue weighted by molar-refractivity contribution is 5.94. The molecule has 1 aliphatic carbocycles. The number of ether oxygens (including phenoxy) is 1. The summed E-state index contributed by atoms with van der Waals surface area (Å²) in [5.74, 6) is 1.26. The normalized spacial score (nSPS) is 25.2. The van der Waals surface area contributed by atoms with E-state index in [0.29, 0.717) is 30.1 Å². The first-order valence-corrected chi connectivity index (χ1v) is 9.06. The summed E-state index contributed by atoms with van der Waals surface area (Å²) in [5.41, 5.74) is 2.86. The molecule has 1 amide bonds. The third kappa shape index (κ3) is 3.59. The van der Waals surface area contributed by atoms with Crippen molar-refractivity contribution < 1.29 is 9.53 Å². The molecule has 1 unspecified atom stereocenters. The maximum absolute atomic E-state index is 12.6. The molecule has 0 N–H and O–H groups in total. The summed E-state index contributed by atoms with van der Waals surface area (Å²) in [7, 11) is 0. The van der Waals surface area contributed by atoms with Crippen LogP contribution in [0.15, 0.2) is 48.7 Å². The van der Waals surface area contributed by atoms with Gasteiger partial charge in [-0.2, -0.15) is 0 Å². The summed E-state index contributed by atoms with van der Waals surface area (Å²) in [5, 5.41) is 0. The fourth-order valence-electron chi connectivity index (χ4n) is 4.11. The van der Waals surface area contributed by atoms with E-state index in [2.05, 4.69) is 17.1 Å². The van der Waals surface area contributed by atoms with Crippen LogP contribution in [0.3, 0.4) is 0 Å². The summed E-state index contributed by atoms with van der Waals surface area (Å²) in [6.07, 6.45) is 4.15. The summed E-state index contributed by atoms with van der Waals surface area (Å²) >= 11 is 0. The number of pyridine rings is 1. The van der Waals surface area contributed by atoms with Crippen molar-refractivity contribution >= 4 is 5.91 Å². The van der Waals surface area contributed by atoms with Crippen LogP contribution in [-0.2, 0) is 11.3 Å². The van der Waals surface area contributed by atoms with E-state index in [9.17, 15) is 4.79 Å². The molecule has 0 radical (unpaired) electrons. The lowest BCUT2D eigenvalue weighted by Gasteiger charge is -2.19. The molecule has 4 rings (SSSR count). The van der Waals surface area contributed by atoms with Crippen molar-refractivity contribution in [1.29, 1.82) is 0 Å². The smallest absolute Gasteiger partial charge is 0.255 e. The van der Waals surface area contributed by atoms with E-state index >= 15 is 0 Å². The summed E-state index contributed by atoms with van der Waals surface area (Å²) in [6.45, 7) is 4.32. The van der Waals surface area contributed by atoms with E-state index in [1.54, 1.807) is 6.20 Å². The van der Waals surface area contributed by atoms with E-state index in [4.69, 9.17) is 4.74 Å². The zero-order valence-electron chi connectivity index (χ0n) is 14.6. The number of fused-ring (bicyclic) bond motifs is 1. The highest BCUT2D eigenvalue weighted by atomic mass is 16.5. The molecule has 1 saturated heterocycles. The maximum atomic E-state index is 12.6. The van der Waals surface area contributed by atoms with Crippen LogP contribution in [-0.4, -0.2) is 35.0 Å². The maximum Gasteiger partial charge on any atom is 0.255 e. The molecular weight excluding hydrogens is 312 g/mol. The molecule has 0 bridgehead atoms. The predicted octanol–water partition coefficient (Wildman–Crippen LogP) is 3.46. The van der Waals surface area contributed by atoms with Crippen molar-refractivity contribution in [2.75, 3.05) is 13.1 Å². The molecule has 2 aliphatic rings. The molecule has 3 atom stereocenters. The minimum atomic E-state index is 0.114. The largest absolute Gasteiger partial charge is 0.374 e. The zero-order valence-corrected chi connectivity index (χ0v) is 14.6. The Bertz CT molecular complexity index is 715. The van der Waals surface area contributed by atoms with Crippen LogP contribution in [0.2, 0.25) is 0 Å². The Labute approximate surface area is 148 Å². The standard InChI is InChI=1S/C21H24N2O2/c1-15-7-8-17(11-22-15)21(24)23-12-18-9-20(10-19(18)13-23)25-14-16-5-3-2-4-6-16/h2-8,11,18-20H,9-10,12-14H2,1H3/t18-,19+,20?. The number of hydrogen-bond acceptors (Lipinski definition) is 3.